The second-order valence-corrected chi connectivity index (χ2v) is 26.2. The van der Waals surface area contributed by atoms with Crippen molar-refractivity contribution in [3.8, 4) is 11.5 Å². The number of phenols is 2. The van der Waals surface area contributed by atoms with Gasteiger partial charge in [0.05, 0.1) is 4.90 Å². The van der Waals surface area contributed by atoms with Gasteiger partial charge >= 0.3 is 12.2 Å². The zero-order valence-corrected chi connectivity index (χ0v) is 47.6. The molecule has 0 aliphatic rings. The fraction of sp³-hybridized carbons (Fsp3) is 0.0667. The molecule has 42 heteroatoms. The highest BCUT2D eigenvalue weighted by molar-refractivity contribution is 7.87. The second-order valence-electron chi connectivity index (χ2n) is 17.8. The van der Waals surface area contributed by atoms with Gasteiger partial charge in [0.2, 0.25) is 23.8 Å². The summed E-state index contributed by atoms with van der Waals surface area (Å²) in [5.41, 5.74) is -3.55. The van der Waals surface area contributed by atoms with Crippen molar-refractivity contribution < 1.29 is 96.8 Å². The lowest BCUT2D eigenvalue weighted by molar-refractivity contribution is 0.471. The lowest BCUT2D eigenvalue weighted by Crippen LogP contribution is -2.27. The van der Waals surface area contributed by atoms with Crippen molar-refractivity contribution in [2.45, 2.75) is 42.3 Å². The molecule has 0 saturated carbocycles. The molecule has 2 aromatic heterocycles. The van der Waals surface area contributed by atoms with Crippen LogP contribution in [0.5, 0.6) is 11.5 Å². The summed E-state index contributed by atoms with van der Waals surface area (Å²) in [6.45, 7) is 1.37. The number of phenolic OH excluding ortho intramolecular Hbond substituents is 2. The molecule has 12 N–H and O–H groups in total. The third-order valence-corrected chi connectivity index (χ3v) is 17.2. The third-order valence-electron chi connectivity index (χ3n) is 11.8. The molecule has 0 amide bonds. The van der Waals surface area contributed by atoms with E-state index in [0.29, 0.717) is 18.2 Å². The number of aromatic hydroxyl groups is 2. The minimum atomic E-state index is -5.32. The predicted octanol–water partition coefficient (Wildman–Crippen LogP) is 6.92. The van der Waals surface area contributed by atoms with Gasteiger partial charge < -0.3 is 31.5 Å². The summed E-state index contributed by atoms with van der Waals surface area (Å²) in [7, 11) is -30.9. The van der Waals surface area contributed by atoms with Crippen molar-refractivity contribution in [1.82, 2.24) is 29.9 Å². The van der Waals surface area contributed by atoms with E-state index < -0.39 is 160 Å². The third kappa shape index (κ3) is 13.8. The normalized spacial score (nSPS) is 13.2. The quantitative estimate of drug-likeness (QED) is 0.0289. The van der Waals surface area contributed by atoms with Crippen molar-refractivity contribution >= 4 is 151 Å². The van der Waals surface area contributed by atoms with Gasteiger partial charge in [0, 0.05) is 45.5 Å². The summed E-state index contributed by atoms with van der Waals surface area (Å²) in [5.74, 6) is -3.57. The largest absolute Gasteiger partial charge is 0.505 e. The number of fused-ring (bicyclic) bond motifs is 3. The predicted molar refractivity (Wildman–Crippen MR) is 297 cm³/mol. The molecule has 0 fully saturated rings. The molecule has 7 aromatic carbocycles. The number of nitrogens with one attached hydrogen (secondary N) is 4. The van der Waals surface area contributed by atoms with Crippen molar-refractivity contribution in [3.63, 3.8) is 0 Å². The maximum Gasteiger partial charge on any atom is 0.315 e. The summed E-state index contributed by atoms with van der Waals surface area (Å²) in [4.78, 5) is 16.6. The molecular formula is C45H34F2N14O20S6. The number of anilines is 6. The maximum atomic E-state index is 14.9. The van der Waals surface area contributed by atoms with Crippen LogP contribution in [0.1, 0.15) is 6.92 Å². The average Bonchev–Trinajstić information content (AvgIpc) is 0.975. The molecule has 87 heavy (non-hydrogen) atoms. The number of nitrogens with zero attached hydrogens (tertiary/aromatic N) is 10. The Bertz CT molecular complexity index is 5190. The molecule has 2 heterocycles. The molecule has 9 rings (SSSR count). The van der Waals surface area contributed by atoms with Crippen LogP contribution in [0.2, 0.25) is 0 Å². The highest BCUT2D eigenvalue weighted by Gasteiger charge is 2.28. The van der Waals surface area contributed by atoms with E-state index >= 15 is 0 Å². The first-order chi connectivity index (χ1) is 40.4. The Balaban J connectivity index is 0.904. The SMILES string of the molecule is CC(CNc1nc(F)nc(Nc2ccc3c(O)c(N=Nc4cc(S(=O)(=O)O)ccc4S(=O)(=O)O)c(S(=O)(=O)O)cc3c2)n1)Nc1nc(F)nc(Nc2ccc3c(O)c(N=Nc4ccc5c(S(=O)(=O)O)cccc5c4S(=O)(=O)O)c(S(=O)(=O)O)cc3c2)n1. The van der Waals surface area contributed by atoms with Crippen molar-refractivity contribution in [2.24, 2.45) is 20.5 Å². The molecule has 0 aliphatic heterocycles. The summed E-state index contributed by atoms with van der Waals surface area (Å²) in [6.07, 6.45) is -2.65. The molecule has 454 valence electrons. The second kappa shape index (κ2) is 22.8. The molecule has 0 radical (unpaired) electrons. The minimum Gasteiger partial charge on any atom is -0.505 e. The summed E-state index contributed by atoms with van der Waals surface area (Å²) >= 11 is 0. The van der Waals surface area contributed by atoms with Crippen molar-refractivity contribution in [3.05, 3.63) is 109 Å². The zero-order chi connectivity index (χ0) is 63.5. The summed E-state index contributed by atoms with van der Waals surface area (Å²) < 4.78 is 236. The van der Waals surface area contributed by atoms with Crippen LogP contribution in [0.25, 0.3) is 32.3 Å². The zero-order valence-electron chi connectivity index (χ0n) is 42.7. The van der Waals surface area contributed by atoms with E-state index in [9.17, 15) is 96.8 Å². The van der Waals surface area contributed by atoms with Gasteiger partial charge in [-0.25, -0.2) is 0 Å². The van der Waals surface area contributed by atoms with Gasteiger partial charge in [-0.05, 0) is 96.6 Å². The highest BCUT2D eigenvalue weighted by Crippen LogP contribution is 2.45. The lowest BCUT2D eigenvalue weighted by Gasteiger charge is -2.16. The monoisotopic (exact) mass is 1320 g/mol. The number of halogens is 2. The fourth-order valence-electron chi connectivity index (χ4n) is 8.20. The Labute approximate surface area is 486 Å². The number of rotatable bonds is 19. The van der Waals surface area contributed by atoms with E-state index in [-0.39, 0.29) is 56.7 Å². The van der Waals surface area contributed by atoms with Gasteiger partial charge in [0.25, 0.3) is 60.7 Å². The van der Waals surface area contributed by atoms with Crippen LogP contribution in [0.15, 0.2) is 147 Å². The van der Waals surface area contributed by atoms with Gasteiger partial charge in [-0.2, -0.15) is 89.2 Å². The van der Waals surface area contributed by atoms with E-state index in [0.717, 1.165) is 42.5 Å². The first-order valence-corrected chi connectivity index (χ1v) is 31.9. The van der Waals surface area contributed by atoms with E-state index in [1.54, 1.807) is 0 Å². The molecule has 0 saturated heterocycles. The summed E-state index contributed by atoms with van der Waals surface area (Å²) in [5, 5.41) is 46.2. The molecule has 1 atom stereocenters. The number of benzene rings is 7. The lowest BCUT2D eigenvalue weighted by atomic mass is 10.1. The number of hydrogen-bond donors (Lipinski definition) is 12. The first-order valence-electron chi connectivity index (χ1n) is 23.3. The van der Waals surface area contributed by atoms with E-state index in [1.807, 2.05) is 0 Å². The Hall–Kier alpha value is -9.34. The van der Waals surface area contributed by atoms with E-state index in [2.05, 4.69) is 71.6 Å². The Morgan fingerprint density at radius 1 is 0.448 bits per heavy atom. The van der Waals surface area contributed by atoms with Gasteiger partial charge in [-0.3, -0.25) is 27.3 Å². The van der Waals surface area contributed by atoms with Crippen LogP contribution >= 0.6 is 0 Å². The first kappa shape index (κ1) is 62.2. The molecule has 0 aliphatic carbocycles. The van der Waals surface area contributed by atoms with Crippen molar-refractivity contribution in [2.75, 3.05) is 27.8 Å². The van der Waals surface area contributed by atoms with Crippen LogP contribution in [-0.2, 0) is 60.7 Å². The molecule has 1 unspecified atom stereocenters. The fourth-order valence-corrected chi connectivity index (χ4v) is 12.2. The van der Waals surface area contributed by atoms with Gasteiger partial charge in [0.15, 0.2) is 11.5 Å². The molecule has 0 bridgehead atoms. The molecular weight excluding hydrogens is 1290 g/mol. The number of hydrogen-bond acceptors (Lipinski definition) is 28. The molecule has 34 nitrogen and oxygen atoms in total. The van der Waals surface area contributed by atoms with Crippen LogP contribution in [0.4, 0.5) is 66.7 Å². The molecule has 0 spiro atoms. The average molecular weight is 1320 g/mol. The van der Waals surface area contributed by atoms with Gasteiger partial charge in [-0.1, -0.05) is 18.2 Å². The maximum absolute atomic E-state index is 14.9. The van der Waals surface area contributed by atoms with Gasteiger partial charge in [0.1, 0.15) is 47.2 Å². The summed E-state index contributed by atoms with van der Waals surface area (Å²) in [6, 6.07) is 14.6. The smallest absolute Gasteiger partial charge is 0.315 e. The number of azo groups is 2. The molecule has 9 aromatic rings. The van der Waals surface area contributed by atoms with Crippen LogP contribution in [0, 0.1) is 12.2 Å². The van der Waals surface area contributed by atoms with Crippen molar-refractivity contribution in [1.29, 1.82) is 0 Å². The Morgan fingerprint density at radius 3 is 1.41 bits per heavy atom. The Kier molecular flexibility index (Phi) is 16.3. The topological polar surface area (TPSA) is 542 Å². The van der Waals surface area contributed by atoms with E-state index in [1.165, 1.54) is 43.3 Å². The van der Waals surface area contributed by atoms with Crippen LogP contribution < -0.4 is 21.3 Å². The van der Waals surface area contributed by atoms with Crippen LogP contribution in [0.3, 0.4) is 0 Å². The minimum absolute atomic E-state index is 0.00657. The van der Waals surface area contributed by atoms with Gasteiger partial charge in [-0.15, -0.1) is 20.5 Å². The highest BCUT2D eigenvalue weighted by atomic mass is 32.2. The van der Waals surface area contributed by atoms with Crippen LogP contribution in [-0.4, -0.2) is 131 Å². The van der Waals surface area contributed by atoms with E-state index in [4.69, 9.17) is 0 Å². The standard InChI is InChI=1S/C45H34F2N14O20S6/c1-19(18-48-42-52-40(46)54-44(56-42)50-22-5-8-26-20(13-22)16-34(86(76,77)78)36(38(26)63)61-59-30-17-24(82(64,65)66)7-12-32(30)84(70,71)72)49-43-53-41(47)55-45(57-43)51-23-6-9-25-21(14-23)15-33(85(73,74)75)35(37(25)62)60-58-29-11-10-27-28(39(29)87(79,80)81)3-2-4-31(27)83(67,68)69/h2-17,19,62-63H,18H2,1H3,(H,64,65,66)(H,67,68,69)(H,70,71,72)(H,73,74,75)(H,76,77,78)(H,79,80,81)(H2,48,50,52,54,56)(H2,49,51,53,55,57). The Morgan fingerprint density at radius 2 is 0.920 bits per heavy atom. The number of aromatic nitrogens is 6.